The van der Waals surface area contributed by atoms with Gasteiger partial charge in [0.2, 0.25) is 0 Å². The van der Waals surface area contributed by atoms with Gasteiger partial charge >= 0.3 is 0 Å². The molecule has 3 rings (SSSR count). The van der Waals surface area contributed by atoms with E-state index in [-0.39, 0.29) is 19.1 Å². The van der Waals surface area contributed by atoms with E-state index in [9.17, 15) is 10.2 Å². The summed E-state index contributed by atoms with van der Waals surface area (Å²) in [6, 6.07) is 28.0. The lowest BCUT2D eigenvalue weighted by Crippen LogP contribution is -2.41. The molecule has 2 N–H and O–H groups in total. The van der Waals surface area contributed by atoms with Gasteiger partial charge in [0, 0.05) is 12.5 Å². The van der Waals surface area contributed by atoms with Gasteiger partial charge in [0.05, 0.1) is 13.2 Å². The average Bonchev–Trinajstić information content (AvgIpc) is 2.76. The molecular formula is C25H28O3. The number of ether oxygens (including phenoxy) is 1. The molecular weight excluding hydrogens is 348 g/mol. The molecule has 3 aromatic carbocycles. The summed E-state index contributed by atoms with van der Waals surface area (Å²) in [6.45, 7) is 2.27. The number of hydrogen-bond acceptors (Lipinski definition) is 3. The molecule has 0 bridgehead atoms. The molecule has 0 aromatic heterocycles. The van der Waals surface area contributed by atoms with E-state index in [1.54, 1.807) is 0 Å². The first kappa shape index (κ1) is 20.3. The van der Waals surface area contributed by atoms with E-state index in [4.69, 9.17) is 4.74 Å². The van der Waals surface area contributed by atoms with Crippen LogP contribution in [-0.4, -0.2) is 23.4 Å². The van der Waals surface area contributed by atoms with Gasteiger partial charge in [-0.3, -0.25) is 0 Å². The molecule has 0 saturated heterocycles. The van der Waals surface area contributed by atoms with Crippen LogP contribution >= 0.6 is 0 Å². The van der Waals surface area contributed by atoms with Crippen molar-refractivity contribution in [2.45, 2.75) is 31.5 Å². The minimum absolute atomic E-state index is 0.0157. The Hall–Kier alpha value is -2.46. The third-order valence-corrected chi connectivity index (χ3v) is 5.30. The summed E-state index contributed by atoms with van der Waals surface area (Å²) in [4.78, 5) is 0. The fourth-order valence-electron chi connectivity index (χ4n) is 3.74. The van der Waals surface area contributed by atoms with Gasteiger partial charge in [-0.2, -0.15) is 0 Å². The summed E-state index contributed by atoms with van der Waals surface area (Å²) in [6.07, 6.45) is 0.493. The van der Waals surface area contributed by atoms with Crippen LogP contribution in [0.5, 0.6) is 0 Å². The molecule has 28 heavy (non-hydrogen) atoms. The molecule has 3 nitrogen and oxygen atoms in total. The van der Waals surface area contributed by atoms with Crippen molar-refractivity contribution < 1.29 is 14.9 Å². The van der Waals surface area contributed by atoms with Crippen molar-refractivity contribution in [3.63, 3.8) is 0 Å². The van der Waals surface area contributed by atoms with E-state index >= 15 is 0 Å². The molecule has 3 heteroatoms. The van der Waals surface area contributed by atoms with Gasteiger partial charge in [-0.1, -0.05) is 90.5 Å². The highest BCUT2D eigenvalue weighted by molar-refractivity contribution is 5.33. The minimum atomic E-state index is -0.949. The van der Waals surface area contributed by atoms with Crippen LogP contribution < -0.4 is 0 Å². The third-order valence-electron chi connectivity index (χ3n) is 5.30. The van der Waals surface area contributed by atoms with Crippen LogP contribution in [0.1, 0.15) is 34.6 Å². The van der Waals surface area contributed by atoms with Gasteiger partial charge < -0.3 is 14.9 Å². The Morgan fingerprint density at radius 2 is 1.43 bits per heavy atom. The van der Waals surface area contributed by atoms with Crippen molar-refractivity contribution in [3.8, 4) is 0 Å². The first-order valence-electron chi connectivity index (χ1n) is 9.71. The topological polar surface area (TPSA) is 49.7 Å². The number of rotatable bonds is 9. The Kier molecular flexibility index (Phi) is 6.99. The molecule has 0 radical (unpaired) electrons. The molecule has 0 aliphatic rings. The fourth-order valence-corrected chi connectivity index (χ4v) is 3.74. The summed E-state index contributed by atoms with van der Waals surface area (Å²) in [7, 11) is 0. The zero-order valence-electron chi connectivity index (χ0n) is 16.3. The van der Waals surface area contributed by atoms with Crippen molar-refractivity contribution in [2.75, 3.05) is 13.2 Å². The van der Waals surface area contributed by atoms with Crippen LogP contribution in [0.2, 0.25) is 0 Å². The maximum absolute atomic E-state index is 10.6. The lowest BCUT2D eigenvalue weighted by Gasteiger charge is -2.40. The molecule has 0 saturated carbocycles. The molecule has 0 spiro atoms. The van der Waals surface area contributed by atoms with Crippen molar-refractivity contribution >= 4 is 0 Å². The maximum Gasteiger partial charge on any atom is 0.123 e. The van der Waals surface area contributed by atoms with Gasteiger partial charge in [0.15, 0.2) is 0 Å². The van der Waals surface area contributed by atoms with Crippen LogP contribution in [0, 0.1) is 6.92 Å². The van der Waals surface area contributed by atoms with Crippen LogP contribution in [0.3, 0.4) is 0 Å². The van der Waals surface area contributed by atoms with Gasteiger partial charge in [0.1, 0.15) is 5.60 Å². The van der Waals surface area contributed by atoms with Gasteiger partial charge in [0.25, 0.3) is 0 Å². The zero-order chi connectivity index (χ0) is 19.8. The van der Waals surface area contributed by atoms with Crippen LogP contribution in [0.15, 0.2) is 84.9 Å². The van der Waals surface area contributed by atoms with Crippen molar-refractivity contribution in [3.05, 3.63) is 107 Å². The second kappa shape index (κ2) is 9.65. The number of aliphatic hydroxyl groups is 2. The first-order chi connectivity index (χ1) is 13.7. The van der Waals surface area contributed by atoms with E-state index in [2.05, 4.69) is 24.3 Å². The molecule has 2 atom stereocenters. The number of benzene rings is 3. The van der Waals surface area contributed by atoms with Crippen LogP contribution in [0.25, 0.3) is 0 Å². The first-order valence-corrected chi connectivity index (χ1v) is 9.71. The van der Waals surface area contributed by atoms with Crippen molar-refractivity contribution in [1.29, 1.82) is 0 Å². The lowest BCUT2D eigenvalue weighted by molar-refractivity contribution is -0.116. The molecule has 146 valence electrons. The number of aryl methyl sites for hydroxylation is 1. The van der Waals surface area contributed by atoms with E-state index in [0.29, 0.717) is 13.0 Å². The van der Waals surface area contributed by atoms with E-state index < -0.39 is 5.60 Å². The smallest absolute Gasteiger partial charge is 0.123 e. The monoisotopic (exact) mass is 376 g/mol. The van der Waals surface area contributed by atoms with Crippen molar-refractivity contribution in [2.24, 2.45) is 0 Å². The SMILES string of the molecule is Cc1ccc(C(CCO)C(CO)(OCc2ccccc2)c2ccccc2)cc1. The highest BCUT2D eigenvalue weighted by atomic mass is 16.5. The normalized spacial score (nSPS) is 14.4. The standard InChI is InChI=1S/C25H28O3/c1-20-12-14-22(15-13-20)24(16-17-26)25(19-27,23-10-6-3-7-11-23)28-18-21-8-4-2-5-9-21/h2-15,24,26-27H,16-19H2,1H3. The van der Waals surface area contributed by atoms with E-state index in [1.165, 1.54) is 5.56 Å². The second-order valence-electron chi connectivity index (χ2n) is 7.16. The molecule has 0 aliphatic heterocycles. The molecule has 0 amide bonds. The predicted molar refractivity (Wildman–Crippen MR) is 112 cm³/mol. The van der Waals surface area contributed by atoms with E-state index in [1.807, 2.05) is 67.6 Å². The highest BCUT2D eigenvalue weighted by Crippen LogP contribution is 2.43. The Morgan fingerprint density at radius 3 is 2.00 bits per heavy atom. The molecule has 0 heterocycles. The zero-order valence-corrected chi connectivity index (χ0v) is 16.3. The highest BCUT2D eigenvalue weighted by Gasteiger charge is 2.42. The van der Waals surface area contributed by atoms with Gasteiger partial charge in [-0.25, -0.2) is 0 Å². The summed E-state index contributed by atoms with van der Waals surface area (Å²) >= 11 is 0. The Morgan fingerprint density at radius 1 is 0.821 bits per heavy atom. The number of aliphatic hydroxyl groups excluding tert-OH is 2. The van der Waals surface area contributed by atoms with E-state index in [0.717, 1.165) is 16.7 Å². The van der Waals surface area contributed by atoms with Crippen LogP contribution in [-0.2, 0) is 16.9 Å². The summed E-state index contributed by atoms with van der Waals surface area (Å²) in [5.41, 5.74) is 3.22. The maximum atomic E-state index is 10.6. The Labute approximate surface area is 167 Å². The van der Waals surface area contributed by atoms with Gasteiger partial charge in [-0.05, 0) is 30.0 Å². The summed E-state index contributed by atoms with van der Waals surface area (Å²) < 4.78 is 6.49. The third kappa shape index (κ3) is 4.50. The fraction of sp³-hybridized carbons (Fsp3) is 0.280. The average molecular weight is 376 g/mol. The van der Waals surface area contributed by atoms with Crippen LogP contribution in [0.4, 0.5) is 0 Å². The number of hydrogen-bond donors (Lipinski definition) is 2. The quantitative estimate of drug-likeness (QED) is 0.575. The largest absolute Gasteiger partial charge is 0.396 e. The van der Waals surface area contributed by atoms with Gasteiger partial charge in [-0.15, -0.1) is 0 Å². The molecule has 3 aromatic rings. The summed E-state index contributed by atoms with van der Waals surface area (Å²) in [5, 5.41) is 20.4. The predicted octanol–water partition coefficient (Wildman–Crippen LogP) is 4.57. The Balaban J connectivity index is 2.05. The lowest BCUT2D eigenvalue weighted by atomic mass is 9.75. The molecule has 0 aliphatic carbocycles. The van der Waals surface area contributed by atoms with Crippen molar-refractivity contribution in [1.82, 2.24) is 0 Å². The Bertz CT molecular complexity index is 831. The summed E-state index contributed by atoms with van der Waals surface area (Å²) in [5.74, 6) is -0.186. The molecule has 0 fully saturated rings. The second-order valence-corrected chi connectivity index (χ2v) is 7.16. The molecule has 2 unspecified atom stereocenters. The minimum Gasteiger partial charge on any atom is -0.396 e.